The monoisotopic (exact) mass is 450 g/mol. The Bertz CT molecular complexity index is 1150. The molecule has 0 saturated heterocycles. The largest absolute Gasteiger partial charge is 0.477 e. The van der Waals surface area contributed by atoms with Crippen LogP contribution in [0.5, 0.6) is 0 Å². The van der Waals surface area contributed by atoms with Crippen LogP contribution in [0.15, 0.2) is 54.7 Å². The first kappa shape index (κ1) is 22.7. The van der Waals surface area contributed by atoms with E-state index >= 15 is 0 Å². The number of anilines is 3. The van der Waals surface area contributed by atoms with E-state index < -0.39 is 23.9 Å². The molecule has 1 unspecified atom stereocenters. The van der Waals surface area contributed by atoms with Gasteiger partial charge in [0.1, 0.15) is 11.4 Å². The summed E-state index contributed by atoms with van der Waals surface area (Å²) in [7, 11) is 1.60. The van der Waals surface area contributed by atoms with Crippen molar-refractivity contribution in [1.82, 2.24) is 9.97 Å². The van der Waals surface area contributed by atoms with E-state index in [4.69, 9.17) is 9.47 Å². The first-order valence-corrected chi connectivity index (χ1v) is 10.5. The van der Waals surface area contributed by atoms with E-state index in [1.54, 1.807) is 7.11 Å². The number of benzene rings is 2. The van der Waals surface area contributed by atoms with Crippen LogP contribution in [0.2, 0.25) is 0 Å². The van der Waals surface area contributed by atoms with E-state index in [0.29, 0.717) is 0 Å². The molecular weight excluding hydrogens is 424 g/mol. The zero-order valence-electron chi connectivity index (χ0n) is 18.6. The number of aliphatic hydroxyl groups is 1. The number of carbonyl (C=O) groups is 1. The number of carboxylic acid groups (broad SMARTS) is 1. The lowest BCUT2D eigenvalue weighted by Crippen LogP contribution is -2.19. The second-order valence-electron chi connectivity index (χ2n) is 8.17. The van der Waals surface area contributed by atoms with E-state index in [0.717, 1.165) is 22.4 Å². The highest BCUT2D eigenvalue weighted by Crippen LogP contribution is 2.44. The summed E-state index contributed by atoms with van der Waals surface area (Å²) in [6, 6.07) is 14.4. The van der Waals surface area contributed by atoms with Gasteiger partial charge in [0, 0.05) is 24.6 Å². The smallest absolute Gasteiger partial charge is 0.341 e. The van der Waals surface area contributed by atoms with Crippen molar-refractivity contribution in [3.63, 3.8) is 0 Å². The minimum atomic E-state index is -1.17. The van der Waals surface area contributed by atoms with Gasteiger partial charge in [0.05, 0.1) is 18.2 Å². The van der Waals surface area contributed by atoms with Gasteiger partial charge in [-0.2, -0.15) is 4.98 Å². The number of methoxy groups -OCH3 is 1. The van der Waals surface area contributed by atoms with Gasteiger partial charge >= 0.3 is 5.97 Å². The SMILES string of the molecule is COC1OC(C)(C)c2cc(Nc3ncc(C(=O)O)c(N[C@H](CO)c4ccccc4)n3)ccc21. The number of aliphatic hydroxyl groups excluding tert-OH is 1. The molecule has 2 atom stereocenters. The molecule has 0 bridgehead atoms. The van der Waals surface area contributed by atoms with Crippen molar-refractivity contribution >= 4 is 23.4 Å². The van der Waals surface area contributed by atoms with Crippen molar-refractivity contribution in [3.05, 3.63) is 77.0 Å². The lowest BCUT2D eigenvalue weighted by atomic mass is 9.95. The van der Waals surface area contributed by atoms with Gasteiger partial charge in [-0.25, -0.2) is 9.78 Å². The second-order valence-corrected chi connectivity index (χ2v) is 8.17. The normalized spacial score (nSPS) is 17.3. The minimum absolute atomic E-state index is 0.0960. The first-order valence-electron chi connectivity index (χ1n) is 10.5. The summed E-state index contributed by atoms with van der Waals surface area (Å²) in [6.45, 7) is 3.69. The molecule has 1 aliphatic heterocycles. The quantitative estimate of drug-likeness (QED) is 0.403. The van der Waals surface area contributed by atoms with Gasteiger partial charge in [0.25, 0.3) is 0 Å². The van der Waals surface area contributed by atoms with Crippen LogP contribution < -0.4 is 10.6 Å². The van der Waals surface area contributed by atoms with Gasteiger partial charge in [-0.15, -0.1) is 0 Å². The Hall–Kier alpha value is -3.53. The summed E-state index contributed by atoms with van der Waals surface area (Å²) in [6.07, 6.45) is 0.806. The second kappa shape index (κ2) is 9.14. The van der Waals surface area contributed by atoms with E-state index in [2.05, 4.69) is 20.6 Å². The standard InChI is InChI=1S/C24H26N4O5/c1-24(2)18-11-15(9-10-16(18)22(32-3)33-24)26-23-25-12-17(21(30)31)20(28-23)27-19(13-29)14-7-5-4-6-8-14/h4-12,19,22,29H,13H2,1-3H3,(H,30,31)(H2,25,26,27,28)/t19-,22?/m1/s1. The van der Waals surface area contributed by atoms with Crippen LogP contribution in [-0.4, -0.2) is 39.9 Å². The summed E-state index contributed by atoms with van der Waals surface area (Å²) in [5.74, 6) is -0.852. The van der Waals surface area contributed by atoms with Crippen LogP contribution in [0.3, 0.4) is 0 Å². The van der Waals surface area contributed by atoms with E-state index in [1.807, 2.05) is 62.4 Å². The van der Waals surface area contributed by atoms with Gasteiger partial charge in [-0.05, 0) is 37.1 Å². The number of aromatic carboxylic acids is 1. The molecule has 4 rings (SSSR count). The summed E-state index contributed by atoms with van der Waals surface area (Å²) in [4.78, 5) is 20.3. The molecule has 4 N–H and O–H groups in total. The number of hydrogen-bond acceptors (Lipinski definition) is 8. The Labute approximate surface area is 191 Å². The van der Waals surface area contributed by atoms with Gasteiger partial charge in [0.2, 0.25) is 5.95 Å². The Balaban J connectivity index is 1.63. The molecule has 0 radical (unpaired) electrons. The highest BCUT2D eigenvalue weighted by molar-refractivity contribution is 5.93. The molecule has 0 amide bonds. The number of aromatic nitrogens is 2. The maximum absolute atomic E-state index is 11.7. The van der Waals surface area contributed by atoms with Crippen LogP contribution >= 0.6 is 0 Å². The topological polar surface area (TPSA) is 126 Å². The first-order chi connectivity index (χ1) is 15.8. The fourth-order valence-corrected chi connectivity index (χ4v) is 3.85. The van der Waals surface area contributed by atoms with Crippen molar-refractivity contribution < 1.29 is 24.5 Å². The Morgan fingerprint density at radius 2 is 2.00 bits per heavy atom. The summed E-state index contributed by atoms with van der Waals surface area (Å²) in [5, 5.41) is 25.6. The molecule has 9 nitrogen and oxygen atoms in total. The predicted molar refractivity (Wildman–Crippen MR) is 122 cm³/mol. The van der Waals surface area contributed by atoms with Gasteiger partial charge in [0.15, 0.2) is 6.29 Å². The highest BCUT2D eigenvalue weighted by atomic mass is 16.7. The molecule has 0 saturated carbocycles. The zero-order chi connectivity index (χ0) is 23.6. The molecule has 3 aromatic rings. The molecule has 33 heavy (non-hydrogen) atoms. The van der Waals surface area contributed by atoms with Crippen LogP contribution in [0.1, 0.15) is 53.2 Å². The lowest BCUT2D eigenvalue weighted by molar-refractivity contribution is -0.175. The summed E-state index contributed by atoms with van der Waals surface area (Å²) >= 11 is 0. The maximum Gasteiger partial charge on any atom is 0.341 e. The average Bonchev–Trinajstić information content (AvgIpc) is 3.07. The van der Waals surface area contributed by atoms with Crippen LogP contribution in [-0.2, 0) is 15.1 Å². The van der Waals surface area contributed by atoms with E-state index in [9.17, 15) is 15.0 Å². The van der Waals surface area contributed by atoms with Gasteiger partial charge in [-0.1, -0.05) is 36.4 Å². The fourth-order valence-electron chi connectivity index (χ4n) is 3.85. The molecule has 0 aliphatic carbocycles. The van der Waals surface area contributed by atoms with Crippen LogP contribution in [0.4, 0.5) is 17.5 Å². The van der Waals surface area contributed by atoms with Gasteiger partial charge < -0.3 is 30.3 Å². The Kier molecular flexibility index (Phi) is 6.28. The number of hydrogen-bond donors (Lipinski definition) is 4. The van der Waals surface area contributed by atoms with Crippen molar-refractivity contribution in [2.75, 3.05) is 24.4 Å². The number of ether oxygens (including phenoxy) is 2. The average molecular weight is 450 g/mol. The van der Waals surface area contributed by atoms with Crippen LogP contribution in [0, 0.1) is 0 Å². The zero-order valence-corrected chi connectivity index (χ0v) is 18.6. The van der Waals surface area contributed by atoms with E-state index in [-0.39, 0.29) is 23.9 Å². The molecule has 1 aromatic heterocycles. The number of nitrogens with one attached hydrogen (secondary N) is 2. The third kappa shape index (κ3) is 4.65. The van der Waals surface area contributed by atoms with Gasteiger partial charge in [-0.3, -0.25) is 0 Å². The van der Waals surface area contributed by atoms with Crippen molar-refractivity contribution in [2.24, 2.45) is 0 Å². The fraction of sp³-hybridized carbons (Fsp3) is 0.292. The Morgan fingerprint density at radius 3 is 2.67 bits per heavy atom. The molecular formula is C24H26N4O5. The van der Waals surface area contributed by atoms with Crippen molar-refractivity contribution in [1.29, 1.82) is 0 Å². The third-order valence-electron chi connectivity index (χ3n) is 5.54. The van der Waals surface area contributed by atoms with Crippen molar-refractivity contribution in [2.45, 2.75) is 31.8 Å². The minimum Gasteiger partial charge on any atom is -0.477 e. The number of carboxylic acids is 1. The summed E-state index contributed by atoms with van der Waals surface area (Å²) in [5.41, 5.74) is 2.83. The molecule has 172 valence electrons. The Morgan fingerprint density at radius 1 is 1.24 bits per heavy atom. The molecule has 9 heteroatoms. The third-order valence-corrected chi connectivity index (χ3v) is 5.54. The summed E-state index contributed by atoms with van der Waals surface area (Å²) < 4.78 is 11.4. The molecule has 2 aromatic carbocycles. The highest BCUT2D eigenvalue weighted by Gasteiger charge is 2.38. The lowest BCUT2D eigenvalue weighted by Gasteiger charge is -2.20. The molecule has 2 heterocycles. The predicted octanol–water partition coefficient (Wildman–Crippen LogP) is 3.97. The molecule has 0 spiro atoms. The number of rotatable bonds is 8. The van der Waals surface area contributed by atoms with E-state index in [1.165, 1.54) is 6.20 Å². The van der Waals surface area contributed by atoms with Crippen molar-refractivity contribution in [3.8, 4) is 0 Å². The number of nitrogens with zero attached hydrogens (tertiary/aromatic N) is 2. The van der Waals surface area contributed by atoms with Crippen LogP contribution in [0.25, 0.3) is 0 Å². The molecule has 0 fully saturated rings. The maximum atomic E-state index is 11.7. The molecule has 1 aliphatic rings. The number of fused-ring (bicyclic) bond motifs is 1.